The fourth-order valence-corrected chi connectivity index (χ4v) is 3.19. The van der Waals surface area contributed by atoms with Crippen LogP contribution in [0.1, 0.15) is 26.2 Å². The van der Waals surface area contributed by atoms with Crippen LogP contribution >= 0.6 is 11.8 Å². The Morgan fingerprint density at radius 3 is 2.36 bits per heavy atom. The number of hydrogen-bond donors (Lipinski definition) is 0. The van der Waals surface area contributed by atoms with Gasteiger partial charge in [-0.2, -0.15) is 11.8 Å². The number of unbranched alkanes of at least 4 members (excludes halogenated alkanes) is 1. The third-order valence-corrected chi connectivity index (χ3v) is 3.94. The van der Waals surface area contributed by atoms with Gasteiger partial charge >= 0.3 is 0 Å². The van der Waals surface area contributed by atoms with Crippen LogP contribution in [-0.2, 0) is 14.6 Å². The Hall–Kier alpha value is -0.0300. The van der Waals surface area contributed by atoms with Gasteiger partial charge in [-0.15, -0.1) is 0 Å². The number of carbonyl (C=O) groups is 1. The number of thioether (sulfide) groups is 1. The molecule has 0 saturated carbocycles. The lowest BCUT2D eigenvalue weighted by molar-refractivity contribution is -0.117. The van der Waals surface area contributed by atoms with E-state index in [1.54, 1.807) is 18.7 Å². The van der Waals surface area contributed by atoms with Crippen LogP contribution in [-0.4, -0.2) is 37.7 Å². The van der Waals surface area contributed by atoms with Crippen LogP contribution in [0.25, 0.3) is 0 Å². The number of sulfone groups is 1. The summed E-state index contributed by atoms with van der Waals surface area (Å²) < 4.78 is 21.5. The molecule has 0 aromatic carbocycles. The summed E-state index contributed by atoms with van der Waals surface area (Å²) in [4.78, 5) is 10.6. The molecule has 0 saturated heterocycles. The van der Waals surface area contributed by atoms with Crippen molar-refractivity contribution in [3.8, 4) is 0 Å². The van der Waals surface area contributed by atoms with Crippen molar-refractivity contribution in [2.45, 2.75) is 26.2 Å². The van der Waals surface area contributed by atoms with Crippen LogP contribution in [0.3, 0.4) is 0 Å². The first-order valence-corrected chi connectivity index (χ1v) is 7.88. The second kappa shape index (κ2) is 7.29. The third kappa shape index (κ3) is 12.0. The summed E-state index contributed by atoms with van der Waals surface area (Å²) in [5.74, 6) is 2.10. The first-order valence-electron chi connectivity index (χ1n) is 4.67. The standard InChI is InChI=1S/C9H18O3S2/c1-9(10)5-3-4-6-13-7-8-14(2,11)12/h3-8H2,1-2H3. The highest BCUT2D eigenvalue weighted by Gasteiger charge is 2.01. The summed E-state index contributed by atoms with van der Waals surface area (Å²) in [7, 11) is -2.81. The molecular formula is C9H18O3S2. The number of carbonyl (C=O) groups excluding carboxylic acids is 1. The van der Waals surface area contributed by atoms with Gasteiger partial charge in [0.05, 0.1) is 5.75 Å². The fourth-order valence-electron chi connectivity index (χ4n) is 0.890. The molecule has 0 unspecified atom stereocenters. The molecule has 0 fully saturated rings. The van der Waals surface area contributed by atoms with Crippen molar-refractivity contribution in [3.05, 3.63) is 0 Å². The van der Waals surface area contributed by atoms with Crippen LogP contribution in [0.4, 0.5) is 0 Å². The number of rotatable bonds is 8. The maximum Gasteiger partial charge on any atom is 0.148 e. The smallest absolute Gasteiger partial charge is 0.148 e. The molecule has 0 aliphatic rings. The molecule has 14 heavy (non-hydrogen) atoms. The maximum absolute atomic E-state index is 10.8. The quantitative estimate of drug-likeness (QED) is 0.602. The lowest BCUT2D eigenvalue weighted by Gasteiger charge is -1.99. The molecule has 3 nitrogen and oxygen atoms in total. The van der Waals surface area contributed by atoms with Crippen LogP contribution in [0, 0.1) is 0 Å². The normalized spacial score (nSPS) is 11.6. The molecule has 0 radical (unpaired) electrons. The second-order valence-corrected chi connectivity index (χ2v) is 6.89. The Bertz CT molecular complexity index is 257. The highest BCUT2D eigenvalue weighted by atomic mass is 32.2. The minimum Gasteiger partial charge on any atom is -0.300 e. The Balaban J connectivity index is 3.19. The first-order chi connectivity index (χ1) is 6.42. The van der Waals surface area contributed by atoms with Gasteiger partial charge in [0, 0.05) is 18.4 Å². The minimum absolute atomic E-state index is 0.228. The molecule has 0 aliphatic carbocycles. The molecule has 0 N–H and O–H groups in total. The lowest BCUT2D eigenvalue weighted by atomic mass is 10.2. The summed E-state index contributed by atoms with van der Waals surface area (Å²) in [6.45, 7) is 1.59. The van der Waals surface area contributed by atoms with Gasteiger partial charge in [-0.25, -0.2) is 8.42 Å². The van der Waals surface area contributed by atoms with Crippen molar-refractivity contribution in [3.63, 3.8) is 0 Å². The number of ketones is 1. The second-order valence-electron chi connectivity index (χ2n) is 3.40. The topological polar surface area (TPSA) is 51.2 Å². The van der Waals surface area contributed by atoms with Crippen LogP contribution in [0.2, 0.25) is 0 Å². The third-order valence-electron chi connectivity index (χ3n) is 1.67. The van der Waals surface area contributed by atoms with Crippen molar-refractivity contribution in [2.24, 2.45) is 0 Å². The van der Waals surface area contributed by atoms with Gasteiger partial charge in [-0.3, -0.25) is 0 Å². The van der Waals surface area contributed by atoms with Crippen LogP contribution in [0.15, 0.2) is 0 Å². The predicted octanol–water partition coefficient (Wildman–Crippen LogP) is 1.52. The largest absolute Gasteiger partial charge is 0.300 e. The minimum atomic E-state index is -2.81. The molecule has 0 amide bonds. The van der Waals surface area contributed by atoms with Crippen molar-refractivity contribution in [1.29, 1.82) is 0 Å². The maximum atomic E-state index is 10.8. The zero-order chi connectivity index (χ0) is 11.0. The molecule has 5 heteroatoms. The van der Waals surface area contributed by atoms with Gasteiger partial charge in [0.25, 0.3) is 0 Å². The van der Waals surface area contributed by atoms with E-state index in [1.165, 1.54) is 6.26 Å². The first kappa shape index (κ1) is 14.0. The molecule has 0 spiro atoms. The summed E-state index contributed by atoms with van der Waals surface area (Å²) in [5.41, 5.74) is 0. The zero-order valence-electron chi connectivity index (χ0n) is 8.78. The zero-order valence-corrected chi connectivity index (χ0v) is 10.4. The van der Waals surface area contributed by atoms with Gasteiger partial charge < -0.3 is 4.79 Å². The average molecular weight is 238 g/mol. The molecule has 0 atom stereocenters. The van der Waals surface area contributed by atoms with E-state index in [9.17, 15) is 13.2 Å². The van der Waals surface area contributed by atoms with Crippen molar-refractivity contribution >= 4 is 27.4 Å². The van der Waals surface area contributed by atoms with Crippen LogP contribution in [0.5, 0.6) is 0 Å². The van der Waals surface area contributed by atoms with E-state index in [0.29, 0.717) is 12.2 Å². The molecule has 84 valence electrons. The molecule has 0 aliphatic heterocycles. The molecule has 0 rings (SSSR count). The van der Waals surface area contributed by atoms with E-state index in [4.69, 9.17) is 0 Å². The molecule has 0 heterocycles. The Labute approximate surface area is 90.6 Å². The van der Waals surface area contributed by atoms with E-state index in [-0.39, 0.29) is 11.5 Å². The predicted molar refractivity (Wildman–Crippen MR) is 61.6 cm³/mol. The number of hydrogen-bond acceptors (Lipinski definition) is 4. The molecule has 0 aromatic rings. The van der Waals surface area contributed by atoms with Gasteiger partial charge in [0.2, 0.25) is 0 Å². The van der Waals surface area contributed by atoms with Crippen molar-refractivity contribution < 1.29 is 13.2 Å². The van der Waals surface area contributed by atoms with Crippen molar-refractivity contribution in [1.82, 2.24) is 0 Å². The van der Waals surface area contributed by atoms with Crippen LogP contribution < -0.4 is 0 Å². The molecule has 0 aromatic heterocycles. The van der Waals surface area contributed by atoms with Gasteiger partial charge in [0.15, 0.2) is 0 Å². The monoisotopic (exact) mass is 238 g/mol. The van der Waals surface area contributed by atoms with E-state index in [1.807, 2.05) is 0 Å². The van der Waals surface area contributed by atoms with E-state index in [2.05, 4.69) is 0 Å². The molecular weight excluding hydrogens is 220 g/mol. The van der Waals surface area contributed by atoms with Gasteiger partial charge in [0.1, 0.15) is 15.6 Å². The highest BCUT2D eigenvalue weighted by Crippen LogP contribution is 2.07. The SMILES string of the molecule is CC(=O)CCCCSCCS(C)(=O)=O. The summed E-state index contributed by atoms with van der Waals surface area (Å²) in [6.07, 6.45) is 3.81. The average Bonchev–Trinajstić information content (AvgIpc) is 2.00. The summed E-state index contributed by atoms with van der Waals surface area (Å²) in [6, 6.07) is 0. The van der Waals surface area contributed by atoms with Crippen molar-refractivity contribution in [2.75, 3.05) is 23.5 Å². The fraction of sp³-hybridized carbons (Fsp3) is 0.889. The Kier molecular flexibility index (Phi) is 7.27. The molecule has 0 bridgehead atoms. The Morgan fingerprint density at radius 2 is 1.86 bits per heavy atom. The van der Waals surface area contributed by atoms with E-state index >= 15 is 0 Å². The summed E-state index contributed by atoms with van der Waals surface area (Å²) in [5, 5.41) is 0. The van der Waals surface area contributed by atoms with E-state index < -0.39 is 9.84 Å². The highest BCUT2D eigenvalue weighted by molar-refractivity contribution is 8.00. The number of Topliss-reactive ketones (excluding diaryl/α,β-unsaturated/α-hetero) is 1. The van der Waals surface area contributed by atoms with Gasteiger partial charge in [-0.1, -0.05) is 0 Å². The lowest BCUT2D eigenvalue weighted by Crippen LogP contribution is -2.05. The van der Waals surface area contributed by atoms with Gasteiger partial charge in [-0.05, 0) is 25.5 Å². The Morgan fingerprint density at radius 1 is 1.21 bits per heavy atom. The van der Waals surface area contributed by atoms with E-state index in [0.717, 1.165) is 18.6 Å². The summed E-state index contributed by atoms with van der Waals surface area (Å²) >= 11 is 1.64.